The van der Waals surface area contributed by atoms with E-state index in [9.17, 15) is 0 Å². The van der Waals surface area contributed by atoms with Gasteiger partial charge in [0.2, 0.25) is 0 Å². The van der Waals surface area contributed by atoms with Gasteiger partial charge in [0.25, 0.3) is 0 Å². The molecule has 14 heavy (non-hydrogen) atoms. The average molecular weight is 291 g/mol. The molecule has 2 aromatic rings. The molecule has 0 unspecified atom stereocenters. The molecule has 0 saturated carbocycles. The second-order valence-corrected chi connectivity index (χ2v) is 4.26. The molecule has 0 atom stereocenters. The topological polar surface area (TPSA) is 12.9 Å². The van der Waals surface area contributed by atoms with Crippen molar-refractivity contribution in [1.29, 1.82) is 0 Å². The van der Waals surface area contributed by atoms with Gasteiger partial charge in [-0.15, -0.1) is 28.3 Å². The Balaban J connectivity index is 0.000000980. The minimum Gasteiger partial charge on any atom is -0.242 e. The third kappa shape index (κ3) is 2.56. The molecule has 0 aliphatic carbocycles. The van der Waals surface area contributed by atoms with Crippen LogP contribution >= 0.6 is 39.9 Å². The van der Waals surface area contributed by atoms with Crippen LogP contribution in [-0.4, -0.2) is 4.98 Å². The standard InChI is InChI=1S/C10H8ClNS.BrH/c1-7-12-10(6-13-7)8-3-2-4-9(11)5-8;/h2-6H,1H3;1H. The lowest BCUT2D eigenvalue weighted by Crippen LogP contribution is -1.77. The smallest absolute Gasteiger partial charge is 0.0901 e. The summed E-state index contributed by atoms with van der Waals surface area (Å²) < 4.78 is 0. The first kappa shape index (κ1) is 11.7. The van der Waals surface area contributed by atoms with E-state index in [4.69, 9.17) is 11.6 Å². The predicted octanol–water partition coefficient (Wildman–Crippen LogP) is 4.35. The lowest BCUT2D eigenvalue weighted by Gasteiger charge is -1.95. The Morgan fingerprint density at radius 2 is 2.14 bits per heavy atom. The first-order valence-corrected chi connectivity index (χ1v) is 5.19. The van der Waals surface area contributed by atoms with E-state index in [0.717, 1.165) is 21.3 Å². The molecule has 0 radical (unpaired) electrons. The van der Waals surface area contributed by atoms with Crippen molar-refractivity contribution in [2.75, 3.05) is 0 Å². The lowest BCUT2D eigenvalue weighted by atomic mass is 10.2. The van der Waals surface area contributed by atoms with Crippen molar-refractivity contribution >= 4 is 39.9 Å². The Hall–Kier alpha value is -0.380. The van der Waals surface area contributed by atoms with Crippen molar-refractivity contribution in [2.45, 2.75) is 6.92 Å². The fourth-order valence-corrected chi connectivity index (χ4v) is 1.96. The molecule has 1 aromatic heterocycles. The number of rotatable bonds is 1. The van der Waals surface area contributed by atoms with Crippen LogP contribution in [0, 0.1) is 6.92 Å². The van der Waals surface area contributed by atoms with E-state index >= 15 is 0 Å². The highest BCUT2D eigenvalue weighted by Gasteiger charge is 2.01. The Morgan fingerprint density at radius 3 is 2.71 bits per heavy atom. The third-order valence-electron chi connectivity index (χ3n) is 1.74. The molecule has 2 rings (SSSR count). The summed E-state index contributed by atoms with van der Waals surface area (Å²) in [5, 5.41) is 3.87. The van der Waals surface area contributed by atoms with E-state index < -0.39 is 0 Å². The summed E-state index contributed by atoms with van der Waals surface area (Å²) in [7, 11) is 0. The van der Waals surface area contributed by atoms with E-state index in [2.05, 4.69) is 4.98 Å². The zero-order chi connectivity index (χ0) is 9.26. The molecule has 0 N–H and O–H groups in total. The summed E-state index contributed by atoms with van der Waals surface area (Å²) in [6.45, 7) is 2.00. The normalized spacial score (nSPS) is 9.57. The number of aromatic nitrogens is 1. The molecule has 0 saturated heterocycles. The summed E-state index contributed by atoms with van der Waals surface area (Å²) in [5.74, 6) is 0. The van der Waals surface area contributed by atoms with Gasteiger partial charge in [-0.3, -0.25) is 0 Å². The minimum absolute atomic E-state index is 0. The van der Waals surface area contributed by atoms with Crippen LogP contribution in [0.3, 0.4) is 0 Å². The van der Waals surface area contributed by atoms with Crippen LogP contribution in [0.25, 0.3) is 11.3 Å². The Bertz CT molecular complexity index is 428. The fourth-order valence-electron chi connectivity index (χ4n) is 1.14. The maximum absolute atomic E-state index is 5.88. The molecule has 0 fully saturated rings. The Labute approximate surface area is 103 Å². The van der Waals surface area contributed by atoms with Gasteiger partial charge in [0.1, 0.15) is 0 Å². The van der Waals surface area contributed by atoms with Gasteiger partial charge in [-0.2, -0.15) is 0 Å². The highest BCUT2D eigenvalue weighted by molar-refractivity contribution is 8.93. The van der Waals surface area contributed by atoms with Crippen LogP contribution < -0.4 is 0 Å². The summed E-state index contributed by atoms with van der Waals surface area (Å²) in [6, 6.07) is 7.74. The zero-order valence-electron chi connectivity index (χ0n) is 7.53. The number of benzene rings is 1. The monoisotopic (exact) mass is 289 g/mol. The van der Waals surface area contributed by atoms with Gasteiger partial charge in [0, 0.05) is 16.0 Å². The maximum atomic E-state index is 5.88. The molecule has 0 amide bonds. The van der Waals surface area contributed by atoms with E-state index in [1.165, 1.54) is 0 Å². The zero-order valence-corrected chi connectivity index (χ0v) is 10.8. The van der Waals surface area contributed by atoms with E-state index in [1.807, 2.05) is 36.6 Å². The first-order chi connectivity index (χ1) is 6.25. The average Bonchev–Trinajstić information content (AvgIpc) is 2.52. The van der Waals surface area contributed by atoms with Crippen molar-refractivity contribution in [3.63, 3.8) is 0 Å². The summed E-state index contributed by atoms with van der Waals surface area (Å²) in [6.07, 6.45) is 0. The third-order valence-corrected chi connectivity index (χ3v) is 2.75. The molecule has 4 heteroatoms. The lowest BCUT2D eigenvalue weighted by molar-refractivity contribution is 1.30. The maximum Gasteiger partial charge on any atom is 0.0901 e. The van der Waals surface area contributed by atoms with Gasteiger partial charge in [0.15, 0.2) is 0 Å². The van der Waals surface area contributed by atoms with E-state index in [-0.39, 0.29) is 17.0 Å². The van der Waals surface area contributed by atoms with Gasteiger partial charge < -0.3 is 0 Å². The minimum atomic E-state index is 0. The predicted molar refractivity (Wildman–Crippen MR) is 67.6 cm³/mol. The fraction of sp³-hybridized carbons (Fsp3) is 0.100. The van der Waals surface area contributed by atoms with Gasteiger partial charge in [-0.25, -0.2) is 4.98 Å². The molecule has 0 aliphatic heterocycles. The van der Waals surface area contributed by atoms with Crippen molar-refractivity contribution in [2.24, 2.45) is 0 Å². The highest BCUT2D eigenvalue weighted by atomic mass is 79.9. The van der Waals surface area contributed by atoms with Crippen LogP contribution in [0.15, 0.2) is 29.6 Å². The van der Waals surface area contributed by atoms with Crippen molar-refractivity contribution in [3.05, 3.63) is 39.7 Å². The Morgan fingerprint density at radius 1 is 1.36 bits per heavy atom. The van der Waals surface area contributed by atoms with E-state index in [1.54, 1.807) is 11.3 Å². The SMILES string of the molecule is Br.Cc1nc(-c2cccc(Cl)c2)cs1. The second-order valence-electron chi connectivity index (χ2n) is 2.76. The number of thiazole rings is 1. The molecule has 1 aromatic carbocycles. The number of hydrogen-bond donors (Lipinski definition) is 0. The quantitative estimate of drug-likeness (QED) is 0.761. The van der Waals surface area contributed by atoms with Crippen molar-refractivity contribution in [1.82, 2.24) is 4.98 Å². The van der Waals surface area contributed by atoms with Crippen molar-refractivity contribution < 1.29 is 0 Å². The second kappa shape index (κ2) is 4.91. The number of nitrogens with zero attached hydrogens (tertiary/aromatic N) is 1. The number of hydrogen-bond acceptors (Lipinski definition) is 2. The molecule has 1 heterocycles. The van der Waals surface area contributed by atoms with Crippen LogP contribution in [0.5, 0.6) is 0 Å². The summed E-state index contributed by atoms with van der Waals surface area (Å²) in [5.41, 5.74) is 2.09. The van der Waals surface area contributed by atoms with Gasteiger partial charge in [-0.05, 0) is 19.1 Å². The first-order valence-electron chi connectivity index (χ1n) is 3.94. The van der Waals surface area contributed by atoms with Crippen LogP contribution in [0.4, 0.5) is 0 Å². The van der Waals surface area contributed by atoms with Crippen molar-refractivity contribution in [3.8, 4) is 11.3 Å². The van der Waals surface area contributed by atoms with E-state index in [0.29, 0.717) is 0 Å². The van der Waals surface area contributed by atoms with Crippen LogP contribution in [0.2, 0.25) is 5.02 Å². The largest absolute Gasteiger partial charge is 0.242 e. The number of aryl methyl sites for hydroxylation is 1. The van der Waals surface area contributed by atoms with Crippen LogP contribution in [0.1, 0.15) is 5.01 Å². The van der Waals surface area contributed by atoms with Gasteiger partial charge in [0.05, 0.1) is 10.7 Å². The molecular weight excluding hydrogens is 282 g/mol. The Kier molecular flexibility index (Phi) is 4.11. The number of halogens is 2. The summed E-state index contributed by atoms with van der Waals surface area (Å²) >= 11 is 7.53. The molecule has 0 spiro atoms. The molecule has 74 valence electrons. The molecule has 1 nitrogen and oxygen atoms in total. The molecular formula is C10H9BrClNS. The summed E-state index contributed by atoms with van der Waals surface area (Å²) in [4.78, 5) is 4.38. The molecule has 0 aliphatic rings. The van der Waals surface area contributed by atoms with Crippen LogP contribution in [-0.2, 0) is 0 Å². The molecule has 0 bridgehead atoms. The highest BCUT2D eigenvalue weighted by Crippen LogP contribution is 2.23. The van der Waals surface area contributed by atoms with Gasteiger partial charge in [-0.1, -0.05) is 23.7 Å². The van der Waals surface area contributed by atoms with Gasteiger partial charge >= 0.3 is 0 Å².